The van der Waals surface area contributed by atoms with Crippen LogP contribution in [0.4, 0.5) is 4.39 Å². The molecule has 0 spiro atoms. The van der Waals surface area contributed by atoms with Crippen LogP contribution in [0.25, 0.3) is 10.9 Å². The van der Waals surface area contributed by atoms with Crippen molar-refractivity contribution in [2.24, 2.45) is 0 Å². The molecule has 1 aromatic heterocycles. The normalized spacial score (nSPS) is 11.6. The number of hydrogen-bond donors (Lipinski definition) is 0. The SMILES string of the molecule is CC(Oc1ccc(C#N)cc1)C(=O)OCc1ccc(F)c2cccnc12. The molecule has 3 rings (SSSR count). The van der Waals surface area contributed by atoms with Gasteiger partial charge < -0.3 is 9.47 Å². The van der Waals surface area contributed by atoms with Gasteiger partial charge in [-0.15, -0.1) is 0 Å². The molecule has 0 saturated heterocycles. The van der Waals surface area contributed by atoms with Crippen LogP contribution in [0.1, 0.15) is 18.1 Å². The number of benzene rings is 2. The van der Waals surface area contributed by atoms with E-state index in [1.807, 2.05) is 6.07 Å². The van der Waals surface area contributed by atoms with E-state index in [4.69, 9.17) is 14.7 Å². The Morgan fingerprint density at radius 3 is 2.73 bits per heavy atom. The van der Waals surface area contributed by atoms with Gasteiger partial charge in [0.2, 0.25) is 0 Å². The monoisotopic (exact) mass is 350 g/mol. The average Bonchev–Trinajstić information content (AvgIpc) is 2.68. The van der Waals surface area contributed by atoms with Gasteiger partial charge in [-0.1, -0.05) is 6.07 Å². The lowest BCUT2D eigenvalue weighted by Crippen LogP contribution is -2.26. The van der Waals surface area contributed by atoms with Crippen LogP contribution in [-0.2, 0) is 16.1 Å². The van der Waals surface area contributed by atoms with Gasteiger partial charge in [-0.25, -0.2) is 9.18 Å². The summed E-state index contributed by atoms with van der Waals surface area (Å²) >= 11 is 0. The summed E-state index contributed by atoms with van der Waals surface area (Å²) in [5.74, 6) is -0.467. The molecule has 0 bridgehead atoms. The lowest BCUT2D eigenvalue weighted by Gasteiger charge is -2.14. The molecule has 0 saturated carbocycles. The molecule has 1 unspecified atom stereocenters. The van der Waals surface area contributed by atoms with E-state index in [2.05, 4.69) is 4.98 Å². The highest BCUT2D eigenvalue weighted by molar-refractivity contribution is 5.82. The van der Waals surface area contributed by atoms with Crippen molar-refractivity contribution in [1.29, 1.82) is 5.26 Å². The summed E-state index contributed by atoms with van der Waals surface area (Å²) in [5, 5.41) is 9.15. The van der Waals surface area contributed by atoms with E-state index in [-0.39, 0.29) is 12.4 Å². The summed E-state index contributed by atoms with van der Waals surface area (Å²) in [6.45, 7) is 1.54. The molecular formula is C20H15FN2O3. The molecule has 26 heavy (non-hydrogen) atoms. The third-order valence-electron chi connectivity index (χ3n) is 3.80. The zero-order chi connectivity index (χ0) is 18.5. The van der Waals surface area contributed by atoms with Crippen LogP contribution in [0.15, 0.2) is 54.7 Å². The molecule has 0 aliphatic rings. The van der Waals surface area contributed by atoms with Crippen molar-refractivity contribution < 1.29 is 18.7 Å². The summed E-state index contributed by atoms with van der Waals surface area (Å²) in [7, 11) is 0. The maximum Gasteiger partial charge on any atom is 0.347 e. The molecule has 0 N–H and O–H groups in total. The Morgan fingerprint density at radius 1 is 1.23 bits per heavy atom. The second-order valence-corrected chi connectivity index (χ2v) is 5.61. The van der Waals surface area contributed by atoms with Crippen LogP contribution in [-0.4, -0.2) is 17.1 Å². The minimum Gasteiger partial charge on any atom is -0.479 e. The van der Waals surface area contributed by atoms with E-state index < -0.39 is 12.1 Å². The van der Waals surface area contributed by atoms with Gasteiger partial charge in [0, 0.05) is 17.1 Å². The molecule has 1 heterocycles. The minimum absolute atomic E-state index is 0.0340. The largest absolute Gasteiger partial charge is 0.479 e. The zero-order valence-electron chi connectivity index (χ0n) is 14.0. The van der Waals surface area contributed by atoms with Crippen LogP contribution in [0, 0.1) is 17.1 Å². The third-order valence-corrected chi connectivity index (χ3v) is 3.80. The molecule has 1 atom stereocenters. The number of carbonyl (C=O) groups is 1. The fourth-order valence-corrected chi connectivity index (χ4v) is 2.44. The van der Waals surface area contributed by atoms with Crippen molar-refractivity contribution in [3.63, 3.8) is 0 Å². The lowest BCUT2D eigenvalue weighted by atomic mass is 10.1. The van der Waals surface area contributed by atoms with E-state index in [1.54, 1.807) is 55.6 Å². The zero-order valence-corrected chi connectivity index (χ0v) is 14.0. The fraction of sp³-hybridized carbons (Fsp3) is 0.150. The highest BCUT2D eigenvalue weighted by Crippen LogP contribution is 2.21. The first-order chi connectivity index (χ1) is 12.6. The molecule has 6 heteroatoms. The standard InChI is InChI=1S/C20H15FN2O3/c1-13(26-16-7-4-14(11-22)5-8-16)20(24)25-12-15-6-9-18(21)17-3-2-10-23-19(15)17/h2-10,13H,12H2,1H3. The highest BCUT2D eigenvalue weighted by Gasteiger charge is 2.17. The van der Waals surface area contributed by atoms with Crippen molar-refractivity contribution in [2.75, 3.05) is 0 Å². The fourth-order valence-electron chi connectivity index (χ4n) is 2.44. The molecule has 2 aromatic carbocycles. The number of esters is 1. The number of rotatable bonds is 5. The summed E-state index contributed by atoms with van der Waals surface area (Å²) in [6.07, 6.45) is 0.728. The van der Waals surface area contributed by atoms with Crippen LogP contribution in [0.3, 0.4) is 0 Å². The van der Waals surface area contributed by atoms with Gasteiger partial charge in [-0.05, 0) is 49.4 Å². The van der Waals surface area contributed by atoms with E-state index in [0.29, 0.717) is 27.8 Å². The van der Waals surface area contributed by atoms with Crippen molar-refractivity contribution in [2.45, 2.75) is 19.6 Å². The molecular weight excluding hydrogens is 335 g/mol. The average molecular weight is 350 g/mol. The van der Waals surface area contributed by atoms with Crippen LogP contribution >= 0.6 is 0 Å². The summed E-state index contributed by atoms with van der Waals surface area (Å²) in [5.41, 5.74) is 1.57. The molecule has 0 aliphatic heterocycles. The van der Waals surface area contributed by atoms with Gasteiger partial charge in [-0.2, -0.15) is 5.26 Å². The lowest BCUT2D eigenvalue weighted by molar-refractivity contribution is -0.152. The number of nitriles is 1. The Morgan fingerprint density at radius 2 is 2.00 bits per heavy atom. The number of aromatic nitrogens is 1. The highest BCUT2D eigenvalue weighted by atomic mass is 19.1. The molecule has 0 radical (unpaired) electrons. The first kappa shape index (κ1) is 17.4. The Labute approximate surface area is 149 Å². The minimum atomic E-state index is -0.831. The van der Waals surface area contributed by atoms with E-state index in [0.717, 1.165) is 0 Å². The van der Waals surface area contributed by atoms with Crippen LogP contribution < -0.4 is 4.74 Å². The predicted octanol–water partition coefficient (Wildman–Crippen LogP) is 3.76. The summed E-state index contributed by atoms with van der Waals surface area (Å²) in [4.78, 5) is 16.3. The molecule has 0 amide bonds. The van der Waals surface area contributed by atoms with E-state index in [1.165, 1.54) is 6.07 Å². The third kappa shape index (κ3) is 3.78. The quantitative estimate of drug-likeness (QED) is 0.655. The summed E-state index contributed by atoms with van der Waals surface area (Å²) in [6, 6.07) is 14.6. The molecule has 130 valence electrons. The van der Waals surface area contributed by atoms with Crippen molar-refractivity contribution in [3.05, 3.63) is 71.7 Å². The van der Waals surface area contributed by atoms with Crippen molar-refractivity contribution in [1.82, 2.24) is 4.98 Å². The second kappa shape index (κ2) is 7.62. The smallest absolute Gasteiger partial charge is 0.347 e. The van der Waals surface area contributed by atoms with E-state index in [9.17, 15) is 9.18 Å². The number of carbonyl (C=O) groups excluding carboxylic acids is 1. The molecule has 3 aromatic rings. The Kier molecular flexibility index (Phi) is 5.09. The first-order valence-corrected chi connectivity index (χ1v) is 7.94. The Bertz CT molecular complexity index is 981. The Balaban J connectivity index is 1.65. The van der Waals surface area contributed by atoms with E-state index >= 15 is 0 Å². The van der Waals surface area contributed by atoms with Gasteiger partial charge in [0.15, 0.2) is 6.10 Å². The van der Waals surface area contributed by atoms with Crippen molar-refractivity contribution in [3.8, 4) is 11.8 Å². The number of fused-ring (bicyclic) bond motifs is 1. The van der Waals surface area contributed by atoms with Gasteiger partial charge >= 0.3 is 5.97 Å². The number of hydrogen-bond acceptors (Lipinski definition) is 5. The second-order valence-electron chi connectivity index (χ2n) is 5.61. The maximum atomic E-state index is 13.8. The van der Waals surface area contributed by atoms with Crippen LogP contribution in [0.5, 0.6) is 5.75 Å². The number of pyridine rings is 1. The topological polar surface area (TPSA) is 72.2 Å². The molecule has 0 fully saturated rings. The number of nitrogens with zero attached hydrogens (tertiary/aromatic N) is 2. The molecule has 0 aliphatic carbocycles. The first-order valence-electron chi connectivity index (χ1n) is 7.94. The number of ether oxygens (including phenoxy) is 2. The number of halogens is 1. The maximum absolute atomic E-state index is 13.8. The predicted molar refractivity (Wildman–Crippen MR) is 92.7 cm³/mol. The Hall–Kier alpha value is -3.46. The van der Waals surface area contributed by atoms with Gasteiger partial charge in [0.1, 0.15) is 18.2 Å². The van der Waals surface area contributed by atoms with Crippen LogP contribution in [0.2, 0.25) is 0 Å². The van der Waals surface area contributed by atoms with Gasteiger partial charge in [0.05, 0.1) is 17.1 Å². The molecule has 5 nitrogen and oxygen atoms in total. The van der Waals surface area contributed by atoms with Crippen molar-refractivity contribution >= 4 is 16.9 Å². The van der Waals surface area contributed by atoms with Gasteiger partial charge in [0.25, 0.3) is 0 Å². The van der Waals surface area contributed by atoms with Gasteiger partial charge in [-0.3, -0.25) is 4.98 Å². The summed E-state index contributed by atoms with van der Waals surface area (Å²) < 4.78 is 24.6.